The topological polar surface area (TPSA) is 164 Å². The SMILES string of the molecule is COC(=O)C[C@@H]1CCc2ccc(O)cc21.COC(=O)C[C@@H]1CCc2ccc(OCc3ccccc3)cc21.COC(=O)C[C@H]1CCc2ccc(O)cc21.COC(=O)C[C@H]1CCc2ccc(OCc3ccccc3)cc21. The maximum Gasteiger partial charge on any atom is 0.306 e. The van der Waals surface area contributed by atoms with E-state index >= 15 is 0 Å². The van der Waals surface area contributed by atoms with E-state index in [1.54, 1.807) is 24.3 Å². The summed E-state index contributed by atoms with van der Waals surface area (Å²) in [5, 5.41) is 18.8. The summed E-state index contributed by atoms with van der Waals surface area (Å²) in [5.41, 5.74) is 12.1. The smallest absolute Gasteiger partial charge is 0.306 e. The highest BCUT2D eigenvalue weighted by molar-refractivity contribution is 5.72. The normalized spacial score (nSPS) is 17.1. The minimum Gasteiger partial charge on any atom is -0.508 e. The van der Waals surface area contributed by atoms with Crippen LogP contribution in [0.3, 0.4) is 0 Å². The van der Waals surface area contributed by atoms with Gasteiger partial charge in [-0.15, -0.1) is 0 Å². The number of aromatic hydroxyl groups is 2. The van der Waals surface area contributed by atoms with E-state index in [-0.39, 0.29) is 59.0 Å². The van der Waals surface area contributed by atoms with E-state index in [0.29, 0.717) is 38.9 Å². The van der Waals surface area contributed by atoms with Crippen LogP contribution in [0.4, 0.5) is 0 Å². The van der Waals surface area contributed by atoms with E-state index in [2.05, 4.69) is 33.7 Å². The van der Waals surface area contributed by atoms with Crippen molar-refractivity contribution in [1.82, 2.24) is 0 Å². The predicted molar refractivity (Wildman–Crippen MR) is 281 cm³/mol. The van der Waals surface area contributed by atoms with Gasteiger partial charge in [-0.2, -0.15) is 0 Å². The van der Waals surface area contributed by atoms with Crippen LogP contribution in [-0.2, 0) is 77.0 Å². The van der Waals surface area contributed by atoms with Gasteiger partial charge in [-0.05, 0) is 179 Å². The lowest BCUT2D eigenvalue weighted by Gasteiger charge is -2.12. The highest BCUT2D eigenvalue weighted by Crippen LogP contribution is 2.41. The van der Waals surface area contributed by atoms with Gasteiger partial charge in [0.15, 0.2) is 0 Å². The minimum absolute atomic E-state index is 0.145. The largest absolute Gasteiger partial charge is 0.508 e. The Kier molecular flexibility index (Phi) is 19.7. The molecule has 2 N–H and O–H groups in total. The Bertz CT molecular complexity index is 2630. The summed E-state index contributed by atoms with van der Waals surface area (Å²) in [7, 11) is 5.69. The van der Waals surface area contributed by atoms with Crippen molar-refractivity contribution in [2.24, 2.45) is 0 Å². The number of phenolic OH excluding ortho intramolecular Hbond substituents is 2. The van der Waals surface area contributed by atoms with Crippen LogP contribution < -0.4 is 9.47 Å². The fraction of sp³-hybridized carbons (Fsp3) is 0.355. The molecule has 6 aromatic rings. The molecule has 6 aromatic carbocycles. The first-order chi connectivity index (χ1) is 35.9. The van der Waals surface area contributed by atoms with Crippen molar-refractivity contribution >= 4 is 23.9 Å². The molecule has 0 aromatic heterocycles. The van der Waals surface area contributed by atoms with Crippen molar-refractivity contribution in [3.8, 4) is 23.0 Å². The van der Waals surface area contributed by atoms with Crippen molar-refractivity contribution in [3.05, 3.63) is 189 Å². The van der Waals surface area contributed by atoms with E-state index in [1.165, 1.54) is 61.8 Å². The third-order valence-electron chi connectivity index (χ3n) is 14.4. The van der Waals surface area contributed by atoms with Gasteiger partial charge in [0.05, 0.1) is 54.1 Å². The average Bonchev–Trinajstić information content (AvgIpc) is 4.23. The van der Waals surface area contributed by atoms with Gasteiger partial charge >= 0.3 is 23.9 Å². The molecule has 4 aliphatic carbocycles. The van der Waals surface area contributed by atoms with Crippen LogP contribution in [0, 0.1) is 0 Å². The quantitative estimate of drug-likeness (QED) is 0.0785. The Hall–Kier alpha value is -7.60. The van der Waals surface area contributed by atoms with Crippen molar-refractivity contribution in [2.45, 2.75) is 114 Å². The number of phenols is 2. The molecule has 388 valence electrons. The molecule has 0 saturated heterocycles. The van der Waals surface area contributed by atoms with Gasteiger partial charge in [0.1, 0.15) is 36.2 Å². The molecule has 0 unspecified atom stereocenters. The standard InChI is InChI=1S/2C19H20O3.2C12H14O3/c2*1-21-19(20)11-16-8-7-15-9-10-17(12-18(15)16)22-13-14-5-3-2-4-6-14;2*1-15-12(14)6-9-3-2-8-4-5-10(13)7-11(8)9/h2*2-6,9-10,12,16H,7-8,11,13H2,1H3;2*4-5,7,9,13H,2-3,6H2,1H3/t2*16-;2*9-/m1010/s1. The predicted octanol–water partition coefficient (Wildman–Crippen LogP) is 11.7. The maximum absolute atomic E-state index is 11.5. The van der Waals surface area contributed by atoms with Crippen LogP contribution >= 0.6 is 0 Å². The van der Waals surface area contributed by atoms with Gasteiger partial charge < -0.3 is 38.6 Å². The summed E-state index contributed by atoms with van der Waals surface area (Å²) in [5.74, 6) is 2.52. The molecular formula is C62H68O12. The van der Waals surface area contributed by atoms with Gasteiger partial charge in [0.2, 0.25) is 0 Å². The number of ether oxygens (including phenoxy) is 6. The second-order valence-electron chi connectivity index (χ2n) is 19.1. The molecule has 0 saturated carbocycles. The Morgan fingerprint density at radius 2 is 0.676 bits per heavy atom. The number of methoxy groups -OCH3 is 4. The van der Waals surface area contributed by atoms with E-state index < -0.39 is 0 Å². The number of carbonyl (C=O) groups is 4. The van der Waals surface area contributed by atoms with Crippen molar-refractivity contribution in [1.29, 1.82) is 0 Å². The van der Waals surface area contributed by atoms with E-state index in [1.807, 2.05) is 84.9 Å². The van der Waals surface area contributed by atoms with Crippen molar-refractivity contribution in [3.63, 3.8) is 0 Å². The first-order valence-electron chi connectivity index (χ1n) is 25.4. The fourth-order valence-electron chi connectivity index (χ4n) is 10.3. The molecule has 12 heteroatoms. The second-order valence-corrected chi connectivity index (χ2v) is 19.1. The van der Waals surface area contributed by atoms with Crippen LogP contribution in [0.1, 0.15) is 131 Å². The molecule has 0 spiro atoms. The molecule has 0 radical (unpaired) electrons. The lowest BCUT2D eigenvalue weighted by molar-refractivity contribution is -0.142. The number of rotatable bonds is 14. The van der Waals surface area contributed by atoms with E-state index in [4.69, 9.17) is 18.9 Å². The van der Waals surface area contributed by atoms with Crippen LogP contribution in [0.15, 0.2) is 133 Å². The lowest BCUT2D eigenvalue weighted by Crippen LogP contribution is -2.06. The Morgan fingerprint density at radius 3 is 0.973 bits per heavy atom. The van der Waals surface area contributed by atoms with Gasteiger partial charge in [-0.25, -0.2) is 0 Å². The van der Waals surface area contributed by atoms with Crippen LogP contribution in [0.5, 0.6) is 23.0 Å². The summed E-state index contributed by atoms with van der Waals surface area (Å²) >= 11 is 0. The van der Waals surface area contributed by atoms with Crippen molar-refractivity contribution in [2.75, 3.05) is 28.4 Å². The summed E-state index contributed by atoms with van der Waals surface area (Å²) in [4.78, 5) is 45.4. The van der Waals surface area contributed by atoms with Crippen LogP contribution in [-0.4, -0.2) is 62.5 Å². The number of hydrogen-bond donors (Lipinski definition) is 2. The number of esters is 4. The van der Waals surface area contributed by atoms with Crippen LogP contribution in [0.2, 0.25) is 0 Å². The van der Waals surface area contributed by atoms with E-state index in [0.717, 1.165) is 85.1 Å². The average molecular weight is 1010 g/mol. The molecule has 0 bridgehead atoms. The number of fused-ring (bicyclic) bond motifs is 4. The summed E-state index contributed by atoms with van der Waals surface area (Å²) < 4.78 is 30.7. The second kappa shape index (κ2) is 26.9. The molecule has 4 aliphatic rings. The molecule has 4 atom stereocenters. The van der Waals surface area contributed by atoms with Gasteiger partial charge in [-0.1, -0.05) is 84.9 Å². The minimum atomic E-state index is -0.184. The molecule has 12 nitrogen and oxygen atoms in total. The van der Waals surface area contributed by atoms with Crippen molar-refractivity contribution < 1.29 is 57.8 Å². The molecule has 0 heterocycles. The van der Waals surface area contributed by atoms with Gasteiger partial charge in [0.25, 0.3) is 0 Å². The third kappa shape index (κ3) is 15.2. The van der Waals surface area contributed by atoms with Gasteiger partial charge in [0, 0.05) is 0 Å². The summed E-state index contributed by atoms with van der Waals surface area (Å²) in [6.45, 7) is 1.11. The molecule has 0 amide bonds. The summed E-state index contributed by atoms with van der Waals surface area (Å²) in [6.07, 6.45) is 9.68. The number of aryl methyl sites for hydroxylation is 4. The zero-order valence-corrected chi connectivity index (χ0v) is 42.9. The molecule has 10 rings (SSSR count). The molecular weight excluding hydrogens is 937 g/mol. The Labute approximate surface area is 434 Å². The van der Waals surface area contributed by atoms with Crippen LogP contribution in [0.25, 0.3) is 0 Å². The molecule has 0 fully saturated rings. The van der Waals surface area contributed by atoms with Gasteiger partial charge in [-0.3, -0.25) is 19.2 Å². The highest BCUT2D eigenvalue weighted by Gasteiger charge is 2.29. The zero-order chi connectivity index (χ0) is 52.4. The fourth-order valence-corrected chi connectivity index (χ4v) is 10.3. The number of hydrogen-bond acceptors (Lipinski definition) is 12. The third-order valence-corrected chi connectivity index (χ3v) is 14.4. The maximum atomic E-state index is 11.5. The molecule has 0 aliphatic heterocycles. The lowest BCUT2D eigenvalue weighted by atomic mass is 9.98. The Morgan fingerprint density at radius 1 is 0.392 bits per heavy atom. The first kappa shape index (κ1) is 54.2. The number of benzene rings is 6. The molecule has 74 heavy (non-hydrogen) atoms. The zero-order valence-electron chi connectivity index (χ0n) is 42.9. The summed E-state index contributed by atoms with van der Waals surface area (Å²) in [6, 6.07) is 43.4. The number of carbonyl (C=O) groups excluding carboxylic acids is 4. The monoisotopic (exact) mass is 1000 g/mol. The Balaban J connectivity index is 0.000000147. The first-order valence-corrected chi connectivity index (χ1v) is 25.4. The highest BCUT2D eigenvalue weighted by atomic mass is 16.5. The van der Waals surface area contributed by atoms with E-state index in [9.17, 15) is 29.4 Å².